The SMILES string of the molecule is COc1cccc(F)c1C(=O)N1C[C@@H]2CN(C(=O)CCO)C[C@@H]2[C@H]1c1ccccc1. The molecule has 3 atom stereocenters. The Labute approximate surface area is 174 Å². The van der Waals surface area contributed by atoms with Crippen molar-refractivity contribution in [2.75, 3.05) is 33.4 Å². The van der Waals surface area contributed by atoms with Crippen molar-refractivity contribution in [3.05, 3.63) is 65.5 Å². The van der Waals surface area contributed by atoms with Crippen molar-refractivity contribution in [1.29, 1.82) is 0 Å². The van der Waals surface area contributed by atoms with E-state index in [1.807, 2.05) is 30.3 Å². The highest BCUT2D eigenvalue weighted by Crippen LogP contribution is 2.46. The molecule has 30 heavy (non-hydrogen) atoms. The smallest absolute Gasteiger partial charge is 0.261 e. The van der Waals surface area contributed by atoms with Crippen molar-refractivity contribution >= 4 is 11.8 Å². The molecule has 2 aliphatic heterocycles. The standard InChI is InChI=1S/C23H25FN2O4/c1-30-19-9-5-8-18(24)21(19)23(29)26-13-16-12-25(20(28)10-11-27)14-17(16)22(26)15-6-3-2-4-7-15/h2-9,16-17,22,27H,10-14H2,1H3/t16-,17-,22+/m0/s1. The van der Waals surface area contributed by atoms with Crippen molar-refractivity contribution in [2.45, 2.75) is 12.5 Å². The van der Waals surface area contributed by atoms with Crippen LogP contribution in [0.2, 0.25) is 0 Å². The Hall–Kier alpha value is -2.93. The fraction of sp³-hybridized carbons (Fsp3) is 0.391. The molecule has 2 aliphatic rings. The van der Waals surface area contributed by atoms with Crippen LogP contribution in [0.15, 0.2) is 48.5 Å². The Morgan fingerprint density at radius 2 is 1.87 bits per heavy atom. The van der Waals surface area contributed by atoms with Gasteiger partial charge in [0.2, 0.25) is 5.91 Å². The Kier molecular flexibility index (Phi) is 5.72. The van der Waals surface area contributed by atoms with Crippen molar-refractivity contribution in [3.8, 4) is 5.75 Å². The van der Waals surface area contributed by atoms with E-state index in [1.165, 1.54) is 19.2 Å². The topological polar surface area (TPSA) is 70.1 Å². The number of hydrogen-bond acceptors (Lipinski definition) is 4. The summed E-state index contributed by atoms with van der Waals surface area (Å²) < 4.78 is 19.9. The number of hydrogen-bond donors (Lipinski definition) is 1. The van der Waals surface area contributed by atoms with Crippen LogP contribution in [-0.4, -0.2) is 60.1 Å². The molecule has 0 radical (unpaired) electrons. The molecule has 2 heterocycles. The number of methoxy groups -OCH3 is 1. The Balaban J connectivity index is 1.68. The van der Waals surface area contributed by atoms with Gasteiger partial charge in [0.05, 0.1) is 19.8 Å². The Morgan fingerprint density at radius 1 is 1.10 bits per heavy atom. The van der Waals surface area contributed by atoms with Crippen LogP contribution in [0.4, 0.5) is 4.39 Å². The maximum absolute atomic E-state index is 14.6. The number of likely N-dealkylation sites (tertiary alicyclic amines) is 2. The van der Waals surface area contributed by atoms with E-state index in [-0.39, 0.29) is 48.1 Å². The highest BCUT2D eigenvalue weighted by Gasteiger charge is 2.50. The molecular formula is C23H25FN2O4. The zero-order valence-corrected chi connectivity index (χ0v) is 16.8. The first-order chi connectivity index (χ1) is 14.5. The molecule has 158 valence electrons. The van der Waals surface area contributed by atoms with Crippen molar-refractivity contribution < 1.29 is 23.8 Å². The number of aliphatic hydroxyl groups excluding tert-OH is 1. The minimum atomic E-state index is -0.608. The predicted molar refractivity (Wildman–Crippen MR) is 108 cm³/mol. The van der Waals surface area contributed by atoms with Crippen LogP contribution >= 0.6 is 0 Å². The van der Waals surface area contributed by atoms with Crippen molar-refractivity contribution in [1.82, 2.24) is 9.80 Å². The van der Waals surface area contributed by atoms with Crippen LogP contribution in [0.5, 0.6) is 5.75 Å². The zero-order chi connectivity index (χ0) is 21.3. The number of aliphatic hydroxyl groups is 1. The van der Waals surface area contributed by atoms with Gasteiger partial charge in [-0.2, -0.15) is 0 Å². The second-order valence-electron chi connectivity index (χ2n) is 7.83. The number of carbonyl (C=O) groups is 2. The monoisotopic (exact) mass is 412 g/mol. The number of carbonyl (C=O) groups excluding carboxylic acids is 2. The summed E-state index contributed by atoms with van der Waals surface area (Å²) in [6.07, 6.45) is 0.102. The fourth-order valence-electron chi connectivity index (χ4n) is 4.81. The summed E-state index contributed by atoms with van der Waals surface area (Å²) in [6, 6.07) is 13.8. The van der Waals surface area contributed by atoms with Gasteiger partial charge < -0.3 is 19.6 Å². The Bertz CT molecular complexity index is 936. The van der Waals surface area contributed by atoms with E-state index >= 15 is 0 Å². The van der Waals surface area contributed by atoms with Gasteiger partial charge in [0, 0.05) is 37.9 Å². The summed E-state index contributed by atoms with van der Waals surface area (Å²) in [4.78, 5) is 29.3. The molecule has 0 aromatic heterocycles. The molecule has 0 aliphatic carbocycles. The van der Waals surface area contributed by atoms with Crippen molar-refractivity contribution in [3.63, 3.8) is 0 Å². The molecule has 2 aromatic rings. The van der Waals surface area contributed by atoms with Crippen LogP contribution < -0.4 is 4.74 Å². The molecule has 2 aromatic carbocycles. The zero-order valence-electron chi connectivity index (χ0n) is 16.8. The van der Waals surface area contributed by atoms with E-state index in [0.29, 0.717) is 19.6 Å². The average molecular weight is 412 g/mol. The van der Waals surface area contributed by atoms with Gasteiger partial charge in [-0.3, -0.25) is 9.59 Å². The molecule has 0 spiro atoms. The average Bonchev–Trinajstić information content (AvgIpc) is 3.32. The first-order valence-corrected chi connectivity index (χ1v) is 10.1. The van der Waals surface area contributed by atoms with Gasteiger partial charge in [0.15, 0.2) is 0 Å². The first-order valence-electron chi connectivity index (χ1n) is 10.1. The van der Waals surface area contributed by atoms with E-state index in [9.17, 15) is 14.0 Å². The lowest BCUT2D eigenvalue weighted by molar-refractivity contribution is -0.131. The van der Waals surface area contributed by atoms with E-state index in [2.05, 4.69) is 0 Å². The van der Waals surface area contributed by atoms with Gasteiger partial charge >= 0.3 is 0 Å². The first kappa shape index (κ1) is 20.3. The molecule has 1 N–H and O–H groups in total. The van der Waals surface area contributed by atoms with E-state index in [1.54, 1.807) is 15.9 Å². The van der Waals surface area contributed by atoms with E-state index in [4.69, 9.17) is 9.84 Å². The van der Waals surface area contributed by atoms with Gasteiger partial charge in [-0.15, -0.1) is 0 Å². The summed E-state index contributed by atoms with van der Waals surface area (Å²) in [5, 5.41) is 9.10. The van der Waals surface area contributed by atoms with Gasteiger partial charge in [0.25, 0.3) is 5.91 Å². The predicted octanol–water partition coefficient (Wildman–Crippen LogP) is 2.49. The largest absolute Gasteiger partial charge is 0.496 e. The fourth-order valence-corrected chi connectivity index (χ4v) is 4.81. The summed E-state index contributed by atoms with van der Waals surface area (Å²) in [7, 11) is 1.42. The summed E-state index contributed by atoms with van der Waals surface area (Å²) in [5.74, 6) is -0.725. The molecular weight excluding hydrogens is 387 g/mol. The molecule has 2 amide bonds. The highest BCUT2D eigenvalue weighted by atomic mass is 19.1. The van der Waals surface area contributed by atoms with Gasteiger partial charge in [-0.25, -0.2) is 4.39 Å². The van der Waals surface area contributed by atoms with Crippen LogP contribution in [0.1, 0.15) is 28.4 Å². The molecule has 7 heteroatoms. The molecule has 4 rings (SSSR count). The van der Waals surface area contributed by atoms with Crippen molar-refractivity contribution in [2.24, 2.45) is 11.8 Å². The maximum atomic E-state index is 14.6. The number of ether oxygens (including phenoxy) is 1. The lowest BCUT2D eigenvalue weighted by atomic mass is 9.89. The Morgan fingerprint density at radius 3 is 2.57 bits per heavy atom. The third-order valence-electron chi connectivity index (χ3n) is 6.15. The third-order valence-corrected chi connectivity index (χ3v) is 6.15. The number of benzene rings is 2. The number of rotatable bonds is 5. The normalized spacial score (nSPS) is 22.8. The minimum Gasteiger partial charge on any atom is -0.496 e. The lowest BCUT2D eigenvalue weighted by Gasteiger charge is -2.30. The molecule has 0 unspecified atom stereocenters. The lowest BCUT2D eigenvalue weighted by Crippen LogP contribution is -2.38. The second-order valence-corrected chi connectivity index (χ2v) is 7.83. The number of nitrogens with zero attached hydrogens (tertiary/aromatic N) is 2. The quantitative estimate of drug-likeness (QED) is 0.819. The molecule has 2 saturated heterocycles. The van der Waals surface area contributed by atoms with Crippen LogP contribution in [0.3, 0.4) is 0 Å². The van der Waals surface area contributed by atoms with Crippen LogP contribution in [-0.2, 0) is 4.79 Å². The summed E-state index contributed by atoms with van der Waals surface area (Å²) in [5.41, 5.74) is 0.902. The third kappa shape index (κ3) is 3.54. The second kappa shape index (κ2) is 8.44. The summed E-state index contributed by atoms with van der Waals surface area (Å²) >= 11 is 0. The molecule has 0 saturated carbocycles. The van der Waals surface area contributed by atoms with E-state index < -0.39 is 11.7 Å². The number of amides is 2. The number of fused-ring (bicyclic) bond motifs is 1. The highest BCUT2D eigenvalue weighted by molar-refractivity contribution is 5.97. The molecule has 2 fully saturated rings. The molecule has 0 bridgehead atoms. The van der Waals surface area contributed by atoms with Gasteiger partial charge in [-0.1, -0.05) is 36.4 Å². The van der Waals surface area contributed by atoms with E-state index in [0.717, 1.165) is 5.56 Å². The van der Waals surface area contributed by atoms with Gasteiger partial charge in [0.1, 0.15) is 17.1 Å². The van der Waals surface area contributed by atoms with Gasteiger partial charge in [-0.05, 0) is 17.7 Å². The molecule has 6 nitrogen and oxygen atoms in total. The van der Waals surface area contributed by atoms with Crippen LogP contribution in [0.25, 0.3) is 0 Å². The summed E-state index contributed by atoms with van der Waals surface area (Å²) in [6.45, 7) is 1.31. The van der Waals surface area contributed by atoms with Crippen LogP contribution in [0, 0.1) is 17.7 Å². The maximum Gasteiger partial charge on any atom is 0.261 e. The minimum absolute atomic E-state index is 0.0526. The number of halogens is 1.